The summed E-state index contributed by atoms with van der Waals surface area (Å²) in [7, 11) is 0. The topological polar surface area (TPSA) is 52.7 Å². The van der Waals surface area contributed by atoms with Crippen LogP contribution in [0, 0.1) is 0 Å². The van der Waals surface area contributed by atoms with Gasteiger partial charge in [0.25, 0.3) is 0 Å². The number of nitrogens with zero attached hydrogens (tertiary/aromatic N) is 2. The summed E-state index contributed by atoms with van der Waals surface area (Å²) in [6.07, 6.45) is 5.13. The summed E-state index contributed by atoms with van der Waals surface area (Å²) in [6, 6.07) is -0.201. The molecular weight excluding hydrogens is 266 g/mol. The Kier molecular flexibility index (Phi) is 8.35. The predicted molar refractivity (Wildman–Crippen MR) is 85.1 cm³/mol. The maximum Gasteiger partial charge on any atom is 0.239 e. The van der Waals surface area contributed by atoms with Crippen molar-refractivity contribution in [1.29, 1.82) is 0 Å². The van der Waals surface area contributed by atoms with Gasteiger partial charge in [-0.3, -0.25) is 9.59 Å². The van der Waals surface area contributed by atoms with Gasteiger partial charge >= 0.3 is 0 Å². The van der Waals surface area contributed by atoms with Crippen LogP contribution in [0.1, 0.15) is 52.9 Å². The van der Waals surface area contributed by atoms with Crippen molar-refractivity contribution < 1.29 is 9.59 Å². The molecule has 5 heteroatoms. The highest BCUT2D eigenvalue weighted by Crippen LogP contribution is 2.10. The molecule has 0 aromatic heterocycles. The molecule has 0 spiro atoms. The standard InChI is InChI=1S/C16H31N3O2/c1-4-18(5-2)15(20)10-11-17-14(3)16(21)19-12-8-6-7-9-13-19/h14,17H,4-13H2,1-3H3. The molecule has 1 saturated heterocycles. The van der Waals surface area contributed by atoms with Crippen molar-refractivity contribution in [3.8, 4) is 0 Å². The van der Waals surface area contributed by atoms with Crippen LogP contribution in [0.2, 0.25) is 0 Å². The highest BCUT2D eigenvalue weighted by molar-refractivity contribution is 5.81. The average molecular weight is 297 g/mol. The van der Waals surface area contributed by atoms with Gasteiger partial charge in [0.2, 0.25) is 11.8 Å². The van der Waals surface area contributed by atoms with Crippen LogP contribution in [0.3, 0.4) is 0 Å². The van der Waals surface area contributed by atoms with E-state index in [9.17, 15) is 9.59 Å². The largest absolute Gasteiger partial charge is 0.343 e. The Labute approximate surface area is 129 Å². The Morgan fingerprint density at radius 3 is 2.19 bits per heavy atom. The van der Waals surface area contributed by atoms with E-state index in [1.54, 1.807) is 0 Å². The van der Waals surface area contributed by atoms with E-state index in [2.05, 4.69) is 5.32 Å². The molecule has 2 amide bonds. The second kappa shape index (κ2) is 9.77. The molecule has 1 N–H and O–H groups in total. The number of nitrogens with one attached hydrogen (secondary N) is 1. The van der Waals surface area contributed by atoms with Gasteiger partial charge in [0.15, 0.2) is 0 Å². The molecule has 1 atom stereocenters. The van der Waals surface area contributed by atoms with Crippen molar-refractivity contribution in [2.45, 2.75) is 58.9 Å². The van der Waals surface area contributed by atoms with Crippen LogP contribution in [0.4, 0.5) is 0 Å². The Morgan fingerprint density at radius 2 is 1.67 bits per heavy atom. The Hall–Kier alpha value is -1.10. The highest BCUT2D eigenvalue weighted by Gasteiger charge is 2.21. The first-order valence-corrected chi connectivity index (χ1v) is 8.40. The zero-order valence-electron chi connectivity index (χ0n) is 13.9. The molecule has 21 heavy (non-hydrogen) atoms. The number of rotatable bonds is 7. The third-order valence-electron chi connectivity index (χ3n) is 4.19. The molecule has 1 aliphatic rings. The van der Waals surface area contributed by atoms with Gasteiger partial charge in [-0.05, 0) is 33.6 Å². The minimum absolute atomic E-state index is 0.155. The molecule has 0 aromatic carbocycles. The fraction of sp³-hybridized carbons (Fsp3) is 0.875. The zero-order valence-corrected chi connectivity index (χ0v) is 13.9. The summed E-state index contributed by atoms with van der Waals surface area (Å²) in [4.78, 5) is 28.0. The molecule has 0 aliphatic carbocycles. The molecule has 1 rings (SSSR count). The van der Waals surface area contributed by atoms with Crippen molar-refractivity contribution in [3.05, 3.63) is 0 Å². The normalized spacial score (nSPS) is 17.2. The van der Waals surface area contributed by atoms with Gasteiger partial charge in [-0.2, -0.15) is 0 Å². The van der Waals surface area contributed by atoms with Crippen molar-refractivity contribution in [1.82, 2.24) is 15.1 Å². The smallest absolute Gasteiger partial charge is 0.239 e. The van der Waals surface area contributed by atoms with Crippen LogP contribution in [0.25, 0.3) is 0 Å². The van der Waals surface area contributed by atoms with E-state index in [-0.39, 0.29) is 17.9 Å². The lowest BCUT2D eigenvalue weighted by Gasteiger charge is -2.25. The Balaban J connectivity index is 2.30. The highest BCUT2D eigenvalue weighted by atomic mass is 16.2. The molecule has 1 fully saturated rings. The zero-order chi connectivity index (χ0) is 15.7. The summed E-state index contributed by atoms with van der Waals surface area (Å²) in [5.41, 5.74) is 0. The number of amides is 2. The number of likely N-dealkylation sites (tertiary alicyclic amines) is 1. The van der Waals surface area contributed by atoms with Crippen LogP contribution in [-0.2, 0) is 9.59 Å². The molecule has 0 radical (unpaired) electrons. The Bertz CT molecular complexity index is 321. The predicted octanol–water partition coefficient (Wildman–Crippen LogP) is 1.63. The molecule has 1 unspecified atom stereocenters. The first-order valence-electron chi connectivity index (χ1n) is 8.40. The molecule has 1 heterocycles. The van der Waals surface area contributed by atoms with Crippen molar-refractivity contribution in [3.63, 3.8) is 0 Å². The molecule has 0 bridgehead atoms. The Morgan fingerprint density at radius 1 is 1.10 bits per heavy atom. The van der Waals surface area contributed by atoms with Crippen LogP contribution in [-0.4, -0.2) is 60.4 Å². The quantitative estimate of drug-likeness (QED) is 0.777. The van der Waals surface area contributed by atoms with Crippen molar-refractivity contribution >= 4 is 11.8 Å². The van der Waals surface area contributed by atoms with E-state index in [0.29, 0.717) is 13.0 Å². The monoisotopic (exact) mass is 297 g/mol. The maximum atomic E-state index is 12.3. The van der Waals surface area contributed by atoms with E-state index in [0.717, 1.165) is 39.0 Å². The minimum atomic E-state index is -0.201. The third kappa shape index (κ3) is 6.04. The minimum Gasteiger partial charge on any atom is -0.343 e. The fourth-order valence-electron chi connectivity index (χ4n) is 2.78. The van der Waals surface area contributed by atoms with Gasteiger partial charge in [0.1, 0.15) is 0 Å². The van der Waals surface area contributed by atoms with Crippen LogP contribution in [0.5, 0.6) is 0 Å². The molecule has 0 saturated carbocycles. The van der Waals surface area contributed by atoms with Gasteiger partial charge in [-0.15, -0.1) is 0 Å². The number of carbonyl (C=O) groups is 2. The third-order valence-corrected chi connectivity index (χ3v) is 4.19. The summed E-state index contributed by atoms with van der Waals surface area (Å²) >= 11 is 0. The lowest BCUT2D eigenvalue weighted by molar-refractivity contribution is -0.134. The summed E-state index contributed by atoms with van der Waals surface area (Å²) in [6.45, 7) is 9.69. The molecule has 122 valence electrons. The van der Waals surface area contributed by atoms with E-state index < -0.39 is 0 Å². The lowest BCUT2D eigenvalue weighted by Crippen LogP contribution is -2.46. The van der Waals surface area contributed by atoms with Crippen molar-refractivity contribution in [2.75, 3.05) is 32.7 Å². The SMILES string of the molecule is CCN(CC)C(=O)CCNC(C)C(=O)N1CCCCCC1. The van der Waals surface area contributed by atoms with Gasteiger partial charge in [-0.1, -0.05) is 12.8 Å². The van der Waals surface area contributed by atoms with Gasteiger partial charge in [0.05, 0.1) is 6.04 Å². The molecular formula is C16H31N3O2. The van der Waals surface area contributed by atoms with Crippen LogP contribution >= 0.6 is 0 Å². The van der Waals surface area contributed by atoms with Crippen LogP contribution in [0.15, 0.2) is 0 Å². The molecule has 5 nitrogen and oxygen atoms in total. The van der Waals surface area contributed by atoms with Gasteiger partial charge < -0.3 is 15.1 Å². The van der Waals surface area contributed by atoms with E-state index >= 15 is 0 Å². The summed E-state index contributed by atoms with van der Waals surface area (Å²) in [5.74, 6) is 0.328. The number of hydrogen-bond donors (Lipinski definition) is 1. The number of hydrogen-bond acceptors (Lipinski definition) is 3. The summed E-state index contributed by atoms with van der Waals surface area (Å²) < 4.78 is 0. The fourth-order valence-corrected chi connectivity index (χ4v) is 2.78. The average Bonchev–Trinajstić information content (AvgIpc) is 2.76. The second-order valence-electron chi connectivity index (χ2n) is 5.73. The van der Waals surface area contributed by atoms with E-state index in [1.165, 1.54) is 12.8 Å². The first-order chi connectivity index (χ1) is 10.1. The lowest BCUT2D eigenvalue weighted by atomic mass is 10.2. The van der Waals surface area contributed by atoms with E-state index in [1.807, 2.05) is 30.6 Å². The summed E-state index contributed by atoms with van der Waals surface area (Å²) in [5, 5.41) is 3.20. The maximum absolute atomic E-state index is 12.3. The molecule has 0 aromatic rings. The molecule has 1 aliphatic heterocycles. The number of carbonyl (C=O) groups excluding carboxylic acids is 2. The van der Waals surface area contributed by atoms with Gasteiger partial charge in [-0.25, -0.2) is 0 Å². The van der Waals surface area contributed by atoms with Gasteiger partial charge in [0, 0.05) is 39.1 Å². The van der Waals surface area contributed by atoms with Crippen LogP contribution < -0.4 is 5.32 Å². The van der Waals surface area contributed by atoms with E-state index in [4.69, 9.17) is 0 Å². The van der Waals surface area contributed by atoms with Crippen molar-refractivity contribution in [2.24, 2.45) is 0 Å². The second-order valence-corrected chi connectivity index (χ2v) is 5.73. The first kappa shape index (κ1) is 18.0.